The fraction of sp³-hybridized carbons (Fsp3) is 0.447. The van der Waals surface area contributed by atoms with Crippen LogP contribution in [0.25, 0.3) is 0 Å². The maximum Gasteiger partial charge on any atom is 0.259 e. The Balaban J connectivity index is 1.34. The molecule has 11 nitrogen and oxygen atoms in total. The van der Waals surface area contributed by atoms with Crippen LogP contribution in [-0.2, 0) is 16.1 Å². The Bertz CT molecular complexity index is 1560. The van der Waals surface area contributed by atoms with E-state index in [4.69, 9.17) is 19.9 Å². The zero-order valence-electron chi connectivity index (χ0n) is 29.3. The minimum Gasteiger partial charge on any atom is -0.491 e. The number of ether oxygens (including phenoxy) is 3. The first-order valence-corrected chi connectivity index (χ1v) is 17.1. The van der Waals surface area contributed by atoms with Gasteiger partial charge in [-0.05, 0) is 101 Å². The fourth-order valence-electron chi connectivity index (χ4n) is 5.59. The first-order valence-electron chi connectivity index (χ1n) is 17.1. The molecule has 11 heteroatoms. The summed E-state index contributed by atoms with van der Waals surface area (Å²) in [7, 11) is 3.64. The summed E-state index contributed by atoms with van der Waals surface area (Å²) in [5.74, 6) is 0.625. The summed E-state index contributed by atoms with van der Waals surface area (Å²) in [4.78, 5) is 43.5. The average molecular weight is 674 g/mol. The molecule has 1 heterocycles. The minimum atomic E-state index is -0.340. The number of hydrogen-bond donors (Lipinski definition) is 3. The molecule has 1 saturated heterocycles. The van der Waals surface area contributed by atoms with Gasteiger partial charge < -0.3 is 40.4 Å². The molecule has 264 valence electrons. The predicted molar refractivity (Wildman–Crippen MR) is 192 cm³/mol. The number of likely N-dealkylation sites (N-methyl/N-ethyl adjacent to an activating group) is 1. The van der Waals surface area contributed by atoms with E-state index in [1.807, 2.05) is 43.0 Å². The molecule has 3 aromatic rings. The number of para-hydroxylation sites is 1. The molecule has 0 spiro atoms. The van der Waals surface area contributed by atoms with Crippen LogP contribution >= 0.6 is 0 Å². The molecule has 0 bridgehead atoms. The number of carbonyl (C=O) groups excluding carboxylic acids is 3. The molecule has 49 heavy (non-hydrogen) atoms. The maximum atomic E-state index is 13.4. The van der Waals surface area contributed by atoms with Crippen molar-refractivity contribution in [3.63, 3.8) is 0 Å². The number of anilines is 2. The summed E-state index contributed by atoms with van der Waals surface area (Å²) in [6.07, 6.45) is 3.57. The number of nitrogens with one attached hydrogen (secondary N) is 2. The van der Waals surface area contributed by atoms with Gasteiger partial charge in [-0.3, -0.25) is 14.4 Å². The van der Waals surface area contributed by atoms with Gasteiger partial charge in [-0.2, -0.15) is 0 Å². The van der Waals surface area contributed by atoms with Crippen LogP contribution in [0.3, 0.4) is 0 Å². The zero-order valence-corrected chi connectivity index (χ0v) is 29.3. The lowest BCUT2D eigenvalue weighted by Crippen LogP contribution is -2.47. The van der Waals surface area contributed by atoms with Crippen molar-refractivity contribution in [3.05, 3.63) is 82.9 Å². The van der Waals surface area contributed by atoms with Crippen molar-refractivity contribution in [2.24, 2.45) is 5.73 Å². The zero-order chi connectivity index (χ0) is 35.2. The summed E-state index contributed by atoms with van der Waals surface area (Å²) in [6, 6.07) is 17.8. The molecule has 1 fully saturated rings. The van der Waals surface area contributed by atoms with Gasteiger partial charge in [0.1, 0.15) is 11.5 Å². The number of methoxy groups -OCH3 is 1. The van der Waals surface area contributed by atoms with Gasteiger partial charge in [0.25, 0.3) is 11.8 Å². The van der Waals surface area contributed by atoms with Gasteiger partial charge in [-0.15, -0.1) is 0 Å². The highest BCUT2D eigenvalue weighted by atomic mass is 16.5. The molecule has 3 amide bonds. The van der Waals surface area contributed by atoms with Gasteiger partial charge in [0.05, 0.1) is 30.6 Å². The molecular weight excluding hydrogens is 622 g/mol. The molecule has 4 rings (SSSR count). The van der Waals surface area contributed by atoms with E-state index in [1.54, 1.807) is 43.5 Å². The Hall–Kier alpha value is -4.45. The Kier molecular flexibility index (Phi) is 14.4. The molecule has 1 aliphatic heterocycles. The molecule has 1 atom stereocenters. The summed E-state index contributed by atoms with van der Waals surface area (Å²) >= 11 is 0. The van der Waals surface area contributed by atoms with E-state index in [1.165, 1.54) is 0 Å². The van der Waals surface area contributed by atoms with E-state index in [0.717, 1.165) is 51.0 Å². The number of piperazine rings is 1. The highest BCUT2D eigenvalue weighted by Gasteiger charge is 2.20. The Morgan fingerprint density at radius 3 is 2.37 bits per heavy atom. The van der Waals surface area contributed by atoms with E-state index in [2.05, 4.69) is 22.6 Å². The van der Waals surface area contributed by atoms with Gasteiger partial charge in [-0.25, -0.2) is 0 Å². The topological polar surface area (TPSA) is 135 Å². The average Bonchev–Trinajstić information content (AvgIpc) is 3.08. The van der Waals surface area contributed by atoms with Gasteiger partial charge in [-0.1, -0.05) is 18.2 Å². The largest absolute Gasteiger partial charge is 0.491 e. The maximum absolute atomic E-state index is 13.4. The van der Waals surface area contributed by atoms with Crippen molar-refractivity contribution in [2.45, 2.75) is 58.7 Å². The second kappa shape index (κ2) is 18.9. The third kappa shape index (κ3) is 11.3. The lowest BCUT2D eigenvalue weighted by Gasteiger charge is -2.32. The summed E-state index contributed by atoms with van der Waals surface area (Å²) < 4.78 is 17.5. The van der Waals surface area contributed by atoms with Crippen LogP contribution in [0.4, 0.5) is 11.4 Å². The number of nitrogens with zero attached hydrogens (tertiary/aromatic N) is 2. The number of carbonyl (C=O) groups is 3. The van der Waals surface area contributed by atoms with E-state index in [9.17, 15) is 14.4 Å². The van der Waals surface area contributed by atoms with Crippen LogP contribution in [0, 0.1) is 6.92 Å². The quantitative estimate of drug-likeness (QED) is 0.161. The van der Waals surface area contributed by atoms with Crippen molar-refractivity contribution in [2.75, 3.05) is 64.1 Å². The van der Waals surface area contributed by atoms with Crippen LogP contribution in [0.2, 0.25) is 0 Å². The molecule has 0 saturated carbocycles. The number of amides is 3. The molecule has 0 aromatic heterocycles. The molecule has 1 unspecified atom stereocenters. The van der Waals surface area contributed by atoms with Crippen LogP contribution in [0.15, 0.2) is 60.7 Å². The van der Waals surface area contributed by atoms with Gasteiger partial charge in [0.2, 0.25) is 5.91 Å². The van der Waals surface area contributed by atoms with Crippen LogP contribution < -0.4 is 25.8 Å². The molecule has 3 aromatic carbocycles. The molecule has 4 N–H and O–H groups in total. The van der Waals surface area contributed by atoms with Crippen molar-refractivity contribution < 1.29 is 28.6 Å². The van der Waals surface area contributed by atoms with Crippen molar-refractivity contribution >= 4 is 29.1 Å². The highest BCUT2D eigenvalue weighted by Crippen LogP contribution is 2.28. The monoisotopic (exact) mass is 673 g/mol. The van der Waals surface area contributed by atoms with E-state index in [0.29, 0.717) is 65.6 Å². The van der Waals surface area contributed by atoms with Crippen LogP contribution in [0.1, 0.15) is 70.9 Å². The Labute approximate surface area is 290 Å². The van der Waals surface area contributed by atoms with Crippen molar-refractivity contribution in [1.29, 1.82) is 0 Å². The van der Waals surface area contributed by atoms with Gasteiger partial charge >= 0.3 is 0 Å². The Morgan fingerprint density at radius 1 is 0.878 bits per heavy atom. The highest BCUT2D eigenvalue weighted by molar-refractivity contribution is 6.08. The SMILES string of the molecule is COCc1cc(C(=O)Nc2ccc(C)cc2OCCCCCC(=O)N2CCN(C)CC2)ccc1NC(=O)c1ccccc1OC(C)CCN. The predicted octanol–water partition coefficient (Wildman–Crippen LogP) is 5.48. The lowest BCUT2D eigenvalue weighted by molar-refractivity contribution is -0.132. The van der Waals surface area contributed by atoms with E-state index in [-0.39, 0.29) is 30.4 Å². The summed E-state index contributed by atoms with van der Waals surface area (Å²) in [6.45, 7) is 8.47. The Morgan fingerprint density at radius 2 is 1.61 bits per heavy atom. The van der Waals surface area contributed by atoms with Gasteiger partial charge in [0.15, 0.2) is 0 Å². The van der Waals surface area contributed by atoms with E-state index >= 15 is 0 Å². The third-order valence-electron chi connectivity index (χ3n) is 8.48. The minimum absolute atomic E-state index is 0.144. The van der Waals surface area contributed by atoms with Crippen LogP contribution in [-0.4, -0.2) is 87.1 Å². The number of rotatable bonds is 17. The number of unbranched alkanes of at least 4 members (excludes halogenated alkanes) is 2. The summed E-state index contributed by atoms with van der Waals surface area (Å²) in [5, 5.41) is 5.93. The number of aryl methyl sites for hydroxylation is 1. The van der Waals surface area contributed by atoms with Crippen molar-refractivity contribution in [1.82, 2.24) is 9.80 Å². The number of nitrogens with two attached hydrogens (primary N) is 1. The second-order valence-electron chi connectivity index (χ2n) is 12.6. The summed E-state index contributed by atoms with van der Waals surface area (Å²) in [5.41, 5.74) is 9.20. The normalized spacial score (nSPS) is 13.9. The fourth-order valence-corrected chi connectivity index (χ4v) is 5.59. The van der Waals surface area contributed by atoms with Crippen molar-refractivity contribution in [3.8, 4) is 11.5 Å². The number of hydrogen-bond acceptors (Lipinski definition) is 8. The number of benzene rings is 3. The van der Waals surface area contributed by atoms with E-state index < -0.39 is 0 Å². The first-order chi connectivity index (χ1) is 23.7. The first kappa shape index (κ1) is 37.4. The molecule has 0 aliphatic carbocycles. The van der Waals surface area contributed by atoms with Crippen LogP contribution in [0.5, 0.6) is 11.5 Å². The standard InChI is InChI=1S/C38H51N5O6/c1-27-13-15-33(35(24-27)48-23-9-5-6-12-36(44)43-21-19-42(3)20-22-43)41-37(45)29-14-16-32(30(25-29)26-47-4)40-38(46)31-10-7-8-11-34(31)49-28(2)17-18-39/h7-8,10-11,13-16,24-25,28H,5-6,9,12,17-23,26,39H2,1-4H3,(H,40,46)(H,41,45). The molecule has 0 radical (unpaired) electrons. The second-order valence-corrected chi connectivity index (χ2v) is 12.6. The third-order valence-corrected chi connectivity index (χ3v) is 8.48. The lowest BCUT2D eigenvalue weighted by atomic mass is 10.1. The molecule has 1 aliphatic rings. The van der Waals surface area contributed by atoms with Gasteiger partial charge in [0, 0.05) is 56.5 Å². The molecular formula is C38H51N5O6. The smallest absolute Gasteiger partial charge is 0.259 e.